The molecule has 2 aromatic heterocycles. The minimum Gasteiger partial charge on any atom is -0.350 e. The predicted octanol–water partition coefficient (Wildman–Crippen LogP) is 4.74. The molecule has 27 heavy (non-hydrogen) atoms. The number of hydrogen-bond acceptors (Lipinski definition) is 3. The molecule has 130 valence electrons. The lowest BCUT2D eigenvalue weighted by atomic mass is 10.0. The Bertz CT molecular complexity index is 1430. The van der Waals surface area contributed by atoms with E-state index in [9.17, 15) is 14.9 Å². The third-order valence-electron chi connectivity index (χ3n) is 4.88. The molecule has 6 heteroatoms. The molecule has 6 nitrogen and oxygen atoms in total. The van der Waals surface area contributed by atoms with Gasteiger partial charge in [0.2, 0.25) is 0 Å². The van der Waals surface area contributed by atoms with E-state index < -0.39 is 0 Å². The molecule has 0 aliphatic rings. The highest BCUT2D eigenvalue weighted by Gasteiger charge is 2.17. The van der Waals surface area contributed by atoms with Gasteiger partial charge in [0.25, 0.3) is 11.2 Å². The van der Waals surface area contributed by atoms with Crippen molar-refractivity contribution in [3.8, 4) is 11.1 Å². The van der Waals surface area contributed by atoms with Gasteiger partial charge in [0, 0.05) is 33.3 Å². The summed E-state index contributed by atoms with van der Waals surface area (Å²) in [6, 6.07) is 19.9. The van der Waals surface area contributed by atoms with Gasteiger partial charge in [-0.3, -0.25) is 14.9 Å². The third-order valence-corrected chi connectivity index (χ3v) is 4.88. The molecule has 2 N–H and O–H groups in total. The molecule has 0 saturated heterocycles. The van der Waals surface area contributed by atoms with Crippen LogP contribution in [-0.2, 0) is 0 Å². The van der Waals surface area contributed by atoms with Gasteiger partial charge in [0.15, 0.2) is 0 Å². The molecule has 5 aromatic rings. The van der Waals surface area contributed by atoms with Crippen molar-refractivity contribution in [3.63, 3.8) is 0 Å². The van der Waals surface area contributed by atoms with Crippen LogP contribution in [0.5, 0.6) is 0 Å². The summed E-state index contributed by atoms with van der Waals surface area (Å²) in [5.41, 5.74) is 3.23. The summed E-state index contributed by atoms with van der Waals surface area (Å²) in [4.78, 5) is 29.6. The van der Waals surface area contributed by atoms with Crippen molar-refractivity contribution in [1.82, 2.24) is 9.97 Å². The number of nitro benzene ring substituents is 1. The largest absolute Gasteiger partial charge is 0.350 e. The van der Waals surface area contributed by atoms with E-state index in [0.29, 0.717) is 11.1 Å². The van der Waals surface area contributed by atoms with Gasteiger partial charge in [-0.05, 0) is 29.8 Å². The Morgan fingerprint density at radius 3 is 2.41 bits per heavy atom. The van der Waals surface area contributed by atoms with Gasteiger partial charge in [-0.25, -0.2) is 0 Å². The van der Waals surface area contributed by atoms with Crippen molar-refractivity contribution in [2.24, 2.45) is 0 Å². The number of nitro groups is 1. The molecule has 0 atom stereocenters. The van der Waals surface area contributed by atoms with Crippen molar-refractivity contribution in [1.29, 1.82) is 0 Å². The predicted molar refractivity (Wildman–Crippen MR) is 106 cm³/mol. The lowest BCUT2D eigenvalue weighted by Gasteiger charge is -2.04. The molecule has 0 bridgehead atoms. The smallest absolute Gasteiger partial charge is 0.277 e. The standard InChI is InChI=1S/C21H13N3O3/c25-21-20-19(14-6-1-3-7-16(14)23-21)15-11-12(9-10-17(15)22-20)13-5-2-4-8-18(13)24(26)27/h1-11,22H,(H,23,25). The summed E-state index contributed by atoms with van der Waals surface area (Å²) in [5.74, 6) is 0. The van der Waals surface area contributed by atoms with E-state index >= 15 is 0 Å². The number of para-hydroxylation sites is 2. The van der Waals surface area contributed by atoms with Crippen LogP contribution in [0.1, 0.15) is 0 Å². The maximum atomic E-state index is 12.5. The monoisotopic (exact) mass is 355 g/mol. The summed E-state index contributed by atoms with van der Waals surface area (Å²) < 4.78 is 0. The maximum Gasteiger partial charge on any atom is 0.277 e. The number of rotatable bonds is 2. The number of H-pyrrole nitrogens is 2. The van der Waals surface area contributed by atoms with E-state index in [1.165, 1.54) is 6.07 Å². The van der Waals surface area contributed by atoms with E-state index in [-0.39, 0.29) is 16.2 Å². The minimum atomic E-state index is -0.380. The zero-order valence-corrected chi connectivity index (χ0v) is 14.0. The van der Waals surface area contributed by atoms with Crippen LogP contribution in [-0.4, -0.2) is 14.9 Å². The van der Waals surface area contributed by atoms with Gasteiger partial charge >= 0.3 is 0 Å². The van der Waals surface area contributed by atoms with E-state index in [0.717, 1.165) is 32.8 Å². The maximum absolute atomic E-state index is 12.5. The fourth-order valence-corrected chi connectivity index (χ4v) is 3.68. The molecule has 0 saturated carbocycles. The van der Waals surface area contributed by atoms with Gasteiger partial charge in [-0.2, -0.15) is 0 Å². The summed E-state index contributed by atoms with van der Waals surface area (Å²) in [5, 5.41) is 14.0. The van der Waals surface area contributed by atoms with Gasteiger partial charge in [0.05, 0.1) is 10.5 Å². The molecule has 0 aliphatic heterocycles. The molecule has 0 amide bonds. The summed E-state index contributed by atoms with van der Waals surface area (Å²) >= 11 is 0. The third kappa shape index (κ3) is 2.23. The molecular weight excluding hydrogens is 342 g/mol. The van der Waals surface area contributed by atoms with Crippen LogP contribution in [0.2, 0.25) is 0 Å². The lowest BCUT2D eigenvalue weighted by Crippen LogP contribution is -2.05. The van der Waals surface area contributed by atoms with E-state index in [2.05, 4.69) is 9.97 Å². The molecule has 0 fully saturated rings. The highest BCUT2D eigenvalue weighted by atomic mass is 16.6. The minimum absolute atomic E-state index is 0.0550. The lowest BCUT2D eigenvalue weighted by molar-refractivity contribution is -0.384. The van der Waals surface area contributed by atoms with E-state index in [4.69, 9.17) is 0 Å². The first kappa shape index (κ1) is 15.3. The second kappa shape index (κ2) is 5.54. The quantitative estimate of drug-likeness (QED) is 0.354. The number of benzene rings is 3. The normalized spacial score (nSPS) is 11.4. The van der Waals surface area contributed by atoms with Crippen LogP contribution in [0, 0.1) is 10.1 Å². The Labute approximate surface area is 152 Å². The molecule has 0 spiro atoms. The van der Waals surface area contributed by atoms with Gasteiger partial charge in [-0.1, -0.05) is 36.4 Å². The average Bonchev–Trinajstić information content (AvgIpc) is 3.08. The van der Waals surface area contributed by atoms with Crippen molar-refractivity contribution < 1.29 is 4.92 Å². The Morgan fingerprint density at radius 1 is 0.815 bits per heavy atom. The number of hydrogen-bond donors (Lipinski definition) is 2. The van der Waals surface area contributed by atoms with Gasteiger partial charge in [-0.15, -0.1) is 0 Å². The van der Waals surface area contributed by atoms with Crippen molar-refractivity contribution in [2.75, 3.05) is 0 Å². The van der Waals surface area contributed by atoms with Crippen LogP contribution in [0.3, 0.4) is 0 Å². The number of nitrogens with zero attached hydrogens (tertiary/aromatic N) is 1. The first-order valence-corrected chi connectivity index (χ1v) is 8.44. The van der Waals surface area contributed by atoms with Crippen LogP contribution in [0.4, 0.5) is 5.69 Å². The summed E-state index contributed by atoms with van der Waals surface area (Å²) in [7, 11) is 0. The van der Waals surface area contributed by atoms with Crippen LogP contribution in [0.25, 0.3) is 43.8 Å². The SMILES string of the molecule is O=c1[nH]c2ccccc2c2c1[nH]c1ccc(-c3ccccc3[N+](=O)[O-])cc12. The number of pyridine rings is 1. The number of aromatic amines is 2. The molecular formula is C21H13N3O3. The van der Waals surface area contributed by atoms with Crippen LogP contribution in [0.15, 0.2) is 71.5 Å². The Balaban J connectivity index is 1.91. The molecule has 3 aromatic carbocycles. The molecule has 2 heterocycles. The van der Waals surface area contributed by atoms with E-state index in [1.54, 1.807) is 18.2 Å². The van der Waals surface area contributed by atoms with Crippen molar-refractivity contribution in [3.05, 3.63) is 87.2 Å². The fourth-order valence-electron chi connectivity index (χ4n) is 3.68. The van der Waals surface area contributed by atoms with E-state index in [1.807, 2.05) is 42.5 Å². The Kier molecular flexibility index (Phi) is 3.14. The second-order valence-electron chi connectivity index (χ2n) is 6.41. The summed E-state index contributed by atoms with van der Waals surface area (Å²) in [6.07, 6.45) is 0. The summed E-state index contributed by atoms with van der Waals surface area (Å²) in [6.45, 7) is 0. The van der Waals surface area contributed by atoms with Crippen LogP contribution >= 0.6 is 0 Å². The Morgan fingerprint density at radius 2 is 1.56 bits per heavy atom. The number of aromatic nitrogens is 2. The topological polar surface area (TPSA) is 91.8 Å². The molecule has 0 aliphatic carbocycles. The van der Waals surface area contributed by atoms with Crippen molar-refractivity contribution in [2.45, 2.75) is 0 Å². The molecule has 0 radical (unpaired) electrons. The number of nitrogens with one attached hydrogen (secondary N) is 2. The second-order valence-corrected chi connectivity index (χ2v) is 6.41. The zero-order valence-electron chi connectivity index (χ0n) is 14.0. The van der Waals surface area contributed by atoms with Gasteiger partial charge in [0.1, 0.15) is 5.52 Å². The molecule has 5 rings (SSSR count). The molecule has 0 unspecified atom stereocenters. The zero-order chi connectivity index (χ0) is 18.5. The number of fused-ring (bicyclic) bond motifs is 5. The first-order chi connectivity index (χ1) is 13.1. The highest BCUT2D eigenvalue weighted by Crippen LogP contribution is 2.35. The first-order valence-electron chi connectivity index (χ1n) is 8.44. The highest BCUT2D eigenvalue weighted by molar-refractivity contribution is 6.19. The fraction of sp³-hybridized carbons (Fsp3) is 0. The van der Waals surface area contributed by atoms with Crippen molar-refractivity contribution >= 4 is 38.4 Å². The Hall–Kier alpha value is -3.93. The van der Waals surface area contributed by atoms with Crippen LogP contribution < -0.4 is 5.56 Å². The average molecular weight is 355 g/mol. The van der Waals surface area contributed by atoms with Gasteiger partial charge < -0.3 is 9.97 Å².